The number of fused-ring (bicyclic) bond motifs is 1. The first-order chi connectivity index (χ1) is 15.7. The quantitative estimate of drug-likeness (QED) is 0.307. The minimum atomic E-state index is 0.00859. The van der Waals surface area contributed by atoms with Crippen molar-refractivity contribution < 1.29 is 14.3 Å². The number of methoxy groups -OCH3 is 2. The monoisotopic (exact) mass is 465 g/mol. The molecule has 1 amide bonds. The Kier molecular flexibility index (Phi) is 7.24. The number of hydrogen-bond acceptors (Lipinski definition) is 7. The molecule has 6 nitrogen and oxygen atoms in total. The Bertz CT molecular complexity index is 1140. The smallest absolute Gasteiger partial charge is 0.229 e. The van der Waals surface area contributed by atoms with Crippen LogP contribution >= 0.6 is 23.1 Å². The first-order valence-electron chi connectivity index (χ1n) is 10.1. The number of ether oxygens (including phenoxy) is 2. The lowest BCUT2D eigenvalue weighted by atomic mass is 10.2. The second kappa shape index (κ2) is 10.5. The van der Waals surface area contributed by atoms with Gasteiger partial charge < -0.3 is 9.47 Å². The average molecular weight is 466 g/mol. The van der Waals surface area contributed by atoms with E-state index >= 15 is 0 Å². The van der Waals surface area contributed by atoms with E-state index in [2.05, 4.69) is 17.1 Å². The molecule has 0 bridgehead atoms. The van der Waals surface area contributed by atoms with Gasteiger partial charge in [0.1, 0.15) is 21.7 Å². The van der Waals surface area contributed by atoms with Crippen LogP contribution in [-0.2, 0) is 11.3 Å². The normalized spacial score (nSPS) is 10.8. The number of hydrogen-bond donors (Lipinski definition) is 0. The van der Waals surface area contributed by atoms with Crippen molar-refractivity contribution >= 4 is 44.4 Å². The summed E-state index contributed by atoms with van der Waals surface area (Å²) < 4.78 is 11.8. The number of aromatic nitrogens is 2. The largest absolute Gasteiger partial charge is 0.495 e. The van der Waals surface area contributed by atoms with Crippen LogP contribution in [0.3, 0.4) is 0 Å². The number of amides is 1. The third kappa shape index (κ3) is 5.03. The van der Waals surface area contributed by atoms with Crippen LogP contribution in [0.25, 0.3) is 10.2 Å². The van der Waals surface area contributed by atoms with Gasteiger partial charge in [-0.2, -0.15) is 0 Å². The van der Waals surface area contributed by atoms with Crippen molar-refractivity contribution in [3.05, 3.63) is 72.6 Å². The first kappa shape index (κ1) is 22.1. The lowest BCUT2D eigenvalue weighted by Crippen LogP contribution is -2.30. The summed E-state index contributed by atoms with van der Waals surface area (Å²) in [4.78, 5) is 25.2. The zero-order valence-corrected chi connectivity index (χ0v) is 19.5. The van der Waals surface area contributed by atoms with Crippen molar-refractivity contribution in [2.45, 2.75) is 17.9 Å². The Hall–Kier alpha value is -3.10. The number of anilines is 1. The minimum absolute atomic E-state index is 0.00859. The number of nitrogens with zero attached hydrogens (tertiary/aromatic N) is 3. The molecular formula is C24H23N3O3S2. The van der Waals surface area contributed by atoms with Gasteiger partial charge in [-0.25, -0.2) is 4.98 Å². The SMILES string of the molecule is COc1ccc(OC)c2sc(N(Cc3cccnc3)C(=O)CCSc3ccccc3)nc12. The predicted octanol–water partition coefficient (Wildman–Crippen LogP) is 5.42. The third-order valence-corrected chi connectivity index (χ3v) is 6.93. The third-order valence-electron chi connectivity index (χ3n) is 4.82. The second-order valence-corrected chi connectivity index (χ2v) is 9.04. The van der Waals surface area contributed by atoms with Crippen LogP contribution in [0.1, 0.15) is 12.0 Å². The molecule has 0 aliphatic heterocycles. The van der Waals surface area contributed by atoms with Gasteiger partial charge in [-0.15, -0.1) is 11.8 Å². The zero-order chi connectivity index (χ0) is 22.3. The molecule has 0 saturated heterocycles. The van der Waals surface area contributed by atoms with Gasteiger partial charge in [-0.1, -0.05) is 35.6 Å². The summed E-state index contributed by atoms with van der Waals surface area (Å²) in [7, 11) is 3.24. The van der Waals surface area contributed by atoms with Gasteiger partial charge in [0, 0.05) is 29.5 Å². The summed E-state index contributed by atoms with van der Waals surface area (Å²) in [6, 6.07) is 17.6. The van der Waals surface area contributed by atoms with Crippen LogP contribution in [0.2, 0.25) is 0 Å². The highest BCUT2D eigenvalue weighted by molar-refractivity contribution is 7.99. The summed E-state index contributed by atoms with van der Waals surface area (Å²) in [5.41, 5.74) is 1.63. The lowest BCUT2D eigenvalue weighted by molar-refractivity contribution is -0.118. The molecule has 32 heavy (non-hydrogen) atoms. The van der Waals surface area contributed by atoms with Crippen molar-refractivity contribution in [3.8, 4) is 11.5 Å². The van der Waals surface area contributed by atoms with Crippen molar-refractivity contribution in [1.29, 1.82) is 0 Å². The highest BCUT2D eigenvalue weighted by Crippen LogP contribution is 2.40. The highest BCUT2D eigenvalue weighted by Gasteiger charge is 2.23. The Morgan fingerprint density at radius 3 is 2.53 bits per heavy atom. The van der Waals surface area contributed by atoms with Gasteiger partial charge in [-0.05, 0) is 35.9 Å². The van der Waals surface area contributed by atoms with E-state index in [0.717, 1.165) is 15.2 Å². The van der Waals surface area contributed by atoms with E-state index in [1.54, 1.807) is 43.3 Å². The Morgan fingerprint density at radius 1 is 1.03 bits per heavy atom. The molecule has 0 aliphatic rings. The average Bonchev–Trinajstić information content (AvgIpc) is 3.28. The van der Waals surface area contributed by atoms with Crippen LogP contribution in [-0.4, -0.2) is 35.8 Å². The fourth-order valence-corrected chi connectivity index (χ4v) is 5.19. The first-order valence-corrected chi connectivity index (χ1v) is 11.9. The molecule has 0 radical (unpaired) electrons. The molecule has 2 heterocycles. The summed E-state index contributed by atoms with van der Waals surface area (Å²) in [6.45, 7) is 0.396. The Morgan fingerprint density at radius 2 is 1.81 bits per heavy atom. The van der Waals surface area contributed by atoms with E-state index in [1.165, 1.54) is 11.3 Å². The molecule has 8 heteroatoms. The summed E-state index contributed by atoms with van der Waals surface area (Å²) in [6.07, 6.45) is 3.89. The molecule has 2 aromatic carbocycles. The van der Waals surface area contributed by atoms with Crippen LogP contribution in [0.4, 0.5) is 5.13 Å². The molecule has 4 aromatic rings. The standard InChI is InChI=1S/C24H23N3O3S2/c1-29-19-10-11-20(30-2)23-22(19)26-24(32-23)27(16-17-7-6-13-25-15-17)21(28)12-14-31-18-8-4-3-5-9-18/h3-11,13,15H,12,14,16H2,1-2H3. The summed E-state index contributed by atoms with van der Waals surface area (Å²) in [5, 5.41) is 0.612. The number of thiazole rings is 1. The Balaban J connectivity index is 1.62. The molecular weight excluding hydrogens is 442 g/mol. The van der Waals surface area contributed by atoms with Gasteiger partial charge in [0.25, 0.3) is 0 Å². The number of carbonyl (C=O) groups is 1. The molecule has 0 aliphatic carbocycles. The molecule has 0 atom stereocenters. The fraction of sp³-hybridized carbons (Fsp3) is 0.208. The van der Waals surface area contributed by atoms with E-state index < -0.39 is 0 Å². The zero-order valence-electron chi connectivity index (χ0n) is 17.9. The molecule has 0 N–H and O–H groups in total. The van der Waals surface area contributed by atoms with Crippen LogP contribution in [0.5, 0.6) is 11.5 Å². The highest BCUT2D eigenvalue weighted by atomic mass is 32.2. The summed E-state index contributed by atoms with van der Waals surface area (Å²) >= 11 is 3.09. The number of thioether (sulfide) groups is 1. The van der Waals surface area contributed by atoms with Crippen molar-refractivity contribution in [1.82, 2.24) is 9.97 Å². The summed E-state index contributed by atoms with van der Waals surface area (Å²) in [5.74, 6) is 2.05. The van der Waals surface area contributed by atoms with Gasteiger partial charge in [0.15, 0.2) is 5.13 Å². The fourth-order valence-electron chi connectivity index (χ4n) is 3.23. The van der Waals surface area contributed by atoms with E-state index in [9.17, 15) is 4.79 Å². The number of benzene rings is 2. The predicted molar refractivity (Wildman–Crippen MR) is 130 cm³/mol. The molecule has 164 valence electrons. The van der Waals surface area contributed by atoms with Gasteiger partial charge in [-0.3, -0.25) is 14.7 Å². The van der Waals surface area contributed by atoms with Gasteiger partial charge in [0.05, 0.1) is 20.8 Å². The molecule has 2 aromatic heterocycles. The topological polar surface area (TPSA) is 64.6 Å². The van der Waals surface area contributed by atoms with Crippen molar-refractivity contribution in [2.24, 2.45) is 0 Å². The maximum Gasteiger partial charge on any atom is 0.229 e. The molecule has 0 unspecified atom stereocenters. The second-order valence-electron chi connectivity index (χ2n) is 6.90. The Labute approximate surface area is 195 Å². The van der Waals surface area contributed by atoms with Crippen LogP contribution < -0.4 is 14.4 Å². The minimum Gasteiger partial charge on any atom is -0.495 e. The van der Waals surface area contributed by atoms with Crippen LogP contribution in [0, 0.1) is 0 Å². The molecule has 0 fully saturated rings. The number of pyridine rings is 1. The number of rotatable bonds is 9. The van der Waals surface area contributed by atoms with E-state index in [4.69, 9.17) is 14.5 Å². The van der Waals surface area contributed by atoms with Crippen LogP contribution in [0.15, 0.2) is 71.9 Å². The van der Waals surface area contributed by atoms with Crippen molar-refractivity contribution in [2.75, 3.05) is 24.9 Å². The van der Waals surface area contributed by atoms with Gasteiger partial charge >= 0.3 is 0 Å². The molecule has 0 saturated carbocycles. The number of carbonyl (C=O) groups excluding carboxylic acids is 1. The maximum atomic E-state index is 13.3. The van der Waals surface area contributed by atoms with Crippen molar-refractivity contribution in [3.63, 3.8) is 0 Å². The van der Waals surface area contributed by atoms with E-state index in [0.29, 0.717) is 40.9 Å². The van der Waals surface area contributed by atoms with E-state index in [1.807, 2.05) is 42.5 Å². The molecule has 4 rings (SSSR count). The molecule has 0 spiro atoms. The van der Waals surface area contributed by atoms with Gasteiger partial charge in [0.2, 0.25) is 5.91 Å². The lowest BCUT2D eigenvalue weighted by Gasteiger charge is -2.20. The van der Waals surface area contributed by atoms with E-state index in [-0.39, 0.29) is 5.91 Å². The maximum absolute atomic E-state index is 13.3.